The summed E-state index contributed by atoms with van der Waals surface area (Å²) in [6, 6.07) is 19.1. The maximum Gasteiger partial charge on any atom is 0.322 e. The number of nitrogens with two attached hydrogens (primary N) is 1. The lowest BCUT2D eigenvalue weighted by atomic mass is 9.93. The number of nitrogens with one attached hydrogen (secondary N) is 2. The number of fused-ring (bicyclic) bond motifs is 1. The summed E-state index contributed by atoms with van der Waals surface area (Å²) in [5.41, 5.74) is 8.77. The van der Waals surface area contributed by atoms with Crippen LogP contribution in [0.1, 0.15) is 10.4 Å². The topological polar surface area (TPSA) is 104 Å². The molecule has 0 spiro atoms. The molecule has 0 fully saturated rings. The summed E-state index contributed by atoms with van der Waals surface area (Å²) in [6.07, 6.45) is 0. The van der Waals surface area contributed by atoms with Gasteiger partial charge in [0.05, 0.1) is 0 Å². The van der Waals surface area contributed by atoms with E-state index in [9.17, 15) is 9.59 Å². The quantitative estimate of drug-likeness (QED) is 0.368. The Hall–Kier alpha value is -3.03. The van der Waals surface area contributed by atoms with Gasteiger partial charge in [0.1, 0.15) is 6.54 Å². The Kier molecular flexibility index (Phi) is 6.74. The van der Waals surface area contributed by atoms with Crippen molar-refractivity contribution in [1.29, 1.82) is 0 Å². The van der Waals surface area contributed by atoms with Gasteiger partial charge in [-0.15, -0.1) is 0 Å². The van der Waals surface area contributed by atoms with Crippen molar-refractivity contribution in [2.75, 3.05) is 24.2 Å². The highest BCUT2D eigenvalue weighted by Crippen LogP contribution is 2.33. The smallest absolute Gasteiger partial charge is 0.322 e. The van der Waals surface area contributed by atoms with E-state index in [4.69, 9.17) is 10.8 Å². The number of aliphatic carboxylic acids is 1. The number of carbonyl (C=O) groups excluding carboxylic acids is 1. The SMILES string of the molecule is N[C@@H](CS)CNc1ccc(C(=O)NCC(=O)O)c(-c2cccc3ccccc23)c1. The van der Waals surface area contributed by atoms with E-state index in [0.29, 0.717) is 23.4 Å². The van der Waals surface area contributed by atoms with Crippen LogP contribution in [-0.4, -0.2) is 41.9 Å². The Balaban J connectivity index is 2.07. The first-order valence-electron chi connectivity index (χ1n) is 9.22. The second-order valence-electron chi connectivity index (χ2n) is 6.69. The van der Waals surface area contributed by atoms with Gasteiger partial charge >= 0.3 is 5.97 Å². The van der Waals surface area contributed by atoms with Crippen molar-refractivity contribution in [3.05, 3.63) is 66.2 Å². The van der Waals surface area contributed by atoms with Crippen LogP contribution in [-0.2, 0) is 4.79 Å². The molecule has 0 aromatic heterocycles. The van der Waals surface area contributed by atoms with Gasteiger partial charge in [-0.1, -0.05) is 42.5 Å². The Morgan fingerprint density at radius 1 is 1.03 bits per heavy atom. The molecule has 0 bridgehead atoms. The van der Waals surface area contributed by atoms with Crippen LogP contribution >= 0.6 is 12.6 Å². The molecule has 3 aromatic rings. The van der Waals surface area contributed by atoms with Crippen molar-refractivity contribution >= 4 is 41.0 Å². The Morgan fingerprint density at radius 3 is 2.55 bits per heavy atom. The third kappa shape index (κ3) is 5.07. The number of amides is 1. The van der Waals surface area contributed by atoms with Gasteiger partial charge in [-0.05, 0) is 40.1 Å². The largest absolute Gasteiger partial charge is 0.480 e. The zero-order valence-electron chi connectivity index (χ0n) is 15.8. The Morgan fingerprint density at radius 2 is 1.79 bits per heavy atom. The highest BCUT2D eigenvalue weighted by Gasteiger charge is 2.16. The van der Waals surface area contributed by atoms with Crippen molar-refractivity contribution in [3.8, 4) is 11.1 Å². The molecule has 0 radical (unpaired) electrons. The highest BCUT2D eigenvalue weighted by molar-refractivity contribution is 7.80. The van der Waals surface area contributed by atoms with Crippen LogP contribution in [0.3, 0.4) is 0 Å². The van der Waals surface area contributed by atoms with Crippen molar-refractivity contribution in [2.45, 2.75) is 6.04 Å². The molecule has 1 atom stereocenters. The van der Waals surface area contributed by atoms with Crippen molar-refractivity contribution in [2.24, 2.45) is 5.73 Å². The summed E-state index contributed by atoms with van der Waals surface area (Å²) in [4.78, 5) is 23.5. The Labute approximate surface area is 174 Å². The van der Waals surface area contributed by atoms with E-state index >= 15 is 0 Å². The highest BCUT2D eigenvalue weighted by atomic mass is 32.1. The molecule has 3 rings (SSSR count). The molecule has 29 heavy (non-hydrogen) atoms. The standard InChI is InChI=1S/C22H23N3O3S/c23-15(13-29)11-24-16-8-9-19(22(28)25-12-21(26)27)20(10-16)18-7-3-5-14-4-1-2-6-17(14)18/h1-10,15,24,29H,11-13,23H2,(H,25,28)(H,26,27)/t15-/m1/s1. The number of carbonyl (C=O) groups is 2. The fourth-order valence-electron chi connectivity index (χ4n) is 3.10. The molecular weight excluding hydrogens is 386 g/mol. The normalized spacial score (nSPS) is 11.8. The van der Waals surface area contributed by atoms with E-state index in [1.807, 2.05) is 48.5 Å². The zero-order valence-corrected chi connectivity index (χ0v) is 16.7. The summed E-state index contributed by atoms with van der Waals surface area (Å²) >= 11 is 4.20. The molecule has 5 N–H and O–H groups in total. The zero-order chi connectivity index (χ0) is 20.8. The van der Waals surface area contributed by atoms with Crippen LogP contribution in [0.25, 0.3) is 21.9 Å². The summed E-state index contributed by atoms with van der Waals surface area (Å²) in [5.74, 6) is -0.975. The molecule has 150 valence electrons. The van der Waals surface area contributed by atoms with Gasteiger partial charge in [-0.25, -0.2) is 0 Å². The first-order chi connectivity index (χ1) is 14.0. The van der Waals surface area contributed by atoms with Crippen molar-refractivity contribution in [1.82, 2.24) is 5.32 Å². The van der Waals surface area contributed by atoms with Gasteiger partial charge < -0.3 is 21.5 Å². The third-order valence-corrected chi connectivity index (χ3v) is 5.02. The number of hydrogen-bond acceptors (Lipinski definition) is 5. The molecule has 0 saturated heterocycles. The van der Waals surface area contributed by atoms with Crippen LogP contribution in [0.15, 0.2) is 60.7 Å². The van der Waals surface area contributed by atoms with E-state index in [1.165, 1.54) is 0 Å². The molecule has 0 heterocycles. The predicted octanol–water partition coefficient (Wildman–Crippen LogP) is 2.99. The van der Waals surface area contributed by atoms with Crippen LogP contribution in [0.2, 0.25) is 0 Å². The van der Waals surface area contributed by atoms with E-state index < -0.39 is 18.4 Å². The van der Waals surface area contributed by atoms with Gasteiger partial charge in [0, 0.05) is 29.6 Å². The molecule has 6 nitrogen and oxygen atoms in total. The fourth-order valence-corrected chi connectivity index (χ4v) is 3.23. The third-order valence-electron chi connectivity index (χ3n) is 4.55. The maximum absolute atomic E-state index is 12.7. The number of benzene rings is 3. The number of carboxylic acids is 1. The lowest BCUT2D eigenvalue weighted by Crippen LogP contribution is -2.31. The molecule has 1 amide bonds. The number of thiol groups is 1. The summed E-state index contributed by atoms with van der Waals surface area (Å²) < 4.78 is 0. The van der Waals surface area contributed by atoms with E-state index in [2.05, 4.69) is 23.3 Å². The molecule has 7 heteroatoms. The van der Waals surface area contributed by atoms with Crippen LogP contribution in [0.4, 0.5) is 5.69 Å². The van der Waals surface area contributed by atoms with Gasteiger partial charge in [0.25, 0.3) is 5.91 Å². The summed E-state index contributed by atoms with van der Waals surface area (Å²) in [6.45, 7) is 0.105. The van der Waals surface area contributed by atoms with Gasteiger partial charge in [-0.2, -0.15) is 12.6 Å². The van der Waals surface area contributed by atoms with Crippen molar-refractivity contribution in [3.63, 3.8) is 0 Å². The van der Waals surface area contributed by atoms with Gasteiger partial charge in [0.2, 0.25) is 0 Å². The average Bonchev–Trinajstić information content (AvgIpc) is 2.75. The van der Waals surface area contributed by atoms with Crippen molar-refractivity contribution < 1.29 is 14.7 Å². The Bertz CT molecular complexity index is 1030. The second-order valence-corrected chi connectivity index (χ2v) is 7.05. The molecule has 3 aromatic carbocycles. The molecule has 0 aliphatic rings. The number of rotatable bonds is 8. The van der Waals surface area contributed by atoms with Gasteiger partial charge in [-0.3, -0.25) is 9.59 Å². The average molecular weight is 410 g/mol. The molecule has 0 aliphatic heterocycles. The molecule has 0 unspecified atom stereocenters. The van der Waals surface area contributed by atoms with E-state index in [0.717, 1.165) is 22.0 Å². The molecule has 0 aliphatic carbocycles. The molecule has 0 saturated carbocycles. The number of hydrogen-bond donors (Lipinski definition) is 5. The summed E-state index contributed by atoms with van der Waals surface area (Å²) in [5, 5.41) is 16.7. The first kappa shape index (κ1) is 20.7. The lowest BCUT2D eigenvalue weighted by Gasteiger charge is -2.16. The van der Waals surface area contributed by atoms with E-state index in [-0.39, 0.29) is 6.04 Å². The second kappa shape index (κ2) is 9.45. The van der Waals surface area contributed by atoms with Gasteiger partial charge in [0.15, 0.2) is 0 Å². The van der Waals surface area contributed by atoms with Crippen LogP contribution in [0.5, 0.6) is 0 Å². The summed E-state index contributed by atoms with van der Waals surface area (Å²) in [7, 11) is 0. The lowest BCUT2D eigenvalue weighted by molar-refractivity contribution is -0.135. The maximum atomic E-state index is 12.7. The first-order valence-corrected chi connectivity index (χ1v) is 9.85. The van der Waals surface area contributed by atoms with Crippen LogP contribution in [0, 0.1) is 0 Å². The monoisotopic (exact) mass is 409 g/mol. The minimum absolute atomic E-state index is 0.0992. The molecular formula is C22H23N3O3S. The number of anilines is 1. The fraction of sp³-hybridized carbons (Fsp3) is 0.182. The number of carboxylic acid groups (broad SMARTS) is 1. The predicted molar refractivity (Wildman–Crippen MR) is 120 cm³/mol. The van der Waals surface area contributed by atoms with E-state index in [1.54, 1.807) is 12.1 Å². The minimum Gasteiger partial charge on any atom is -0.480 e. The minimum atomic E-state index is -1.09. The van der Waals surface area contributed by atoms with Crippen LogP contribution < -0.4 is 16.4 Å².